The number of carbonyl (C=O) groups is 1. The van der Waals surface area contributed by atoms with Crippen molar-refractivity contribution >= 4 is 28.5 Å². The van der Waals surface area contributed by atoms with E-state index in [1.807, 2.05) is 18.7 Å². The molecule has 3 atom stereocenters. The lowest BCUT2D eigenvalue weighted by molar-refractivity contribution is 0.191. The smallest absolute Gasteiger partial charge is 0.317 e. The van der Waals surface area contributed by atoms with Crippen LogP contribution in [0.1, 0.15) is 37.3 Å². The largest absolute Gasteiger partial charge is 0.345 e. The van der Waals surface area contributed by atoms with Gasteiger partial charge in [-0.05, 0) is 43.9 Å². The van der Waals surface area contributed by atoms with Crippen LogP contribution in [0.25, 0.3) is 10.9 Å². The van der Waals surface area contributed by atoms with Crippen molar-refractivity contribution < 1.29 is 4.79 Å². The second-order valence-electron chi connectivity index (χ2n) is 7.07. The fourth-order valence-electron chi connectivity index (χ4n) is 4.47. The molecule has 2 heterocycles. The number of carbonyl (C=O) groups excluding carboxylic acids is 1. The molecule has 2 aromatic rings. The zero-order valence-corrected chi connectivity index (χ0v) is 15.5. The Bertz CT molecular complexity index is 798. The molecule has 1 aliphatic heterocycles. The van der Waals surface area contributed by atoms with E-state index >= 15 is 0 Å². The van der Waals surface area contributed by atoms with Crippen molar-refractivity contribution in [3.05, 3.63) is 34.5 Å². The first-order valence-electron chi connectivity index (χ1n) is 9.20. The van der Waals surface area contributed by atoms with E-state index < -0.39 is 0 Å². The normalized spacial score (nSPS) is 24.8. The molecule has 1 saturated heterocycles. The van der Waals surface area contributed by atoms with Crippen LogP contribution in [-0.4, -0.2) is 47.6 Å². The minimum absolute atomic E-state index is 0.0367. The number of urea groups is 1. The van der Waals surface area contributed by atoms with Gasteiger partial charge in [0.15, 0.2) is 0 Å². The molecule has 1 aliphatic carbocycles. The molecule has 6 heteroatoms. The molecule has 134 valence electrons. The third kappa shape index (κ3) is 2.79. The van der Waals surface area contributed by atoms with Gasteiger partial charge in [0, 0.05) is 48.5 Å². The van der Waals surface area contributed by atoms with Crippen molar-refractivity contribution in [2.75, 3.05) is 19.6 Å². The van der Waals surface area contributed by atoms with Crippen molar-refractivity contribution in [2.45, 2.75) is 44.7 Å². The van der Waals surface area contributed by atoms with Crippen molar-refractivity contribution in [3.8, 4) is 0 Å². The van der Waals surface area contributed by atoms with Gasteiger partial charge in [-0.1, -0.05) is 23.7 Å². The number of benzene rings is 1. The maximum Gasteiger partial charge on any atom is 0.317 e. The van der Waals surface area contributed by atoms with Crippen LogP contribution in [0.4, 0.5) is 4.79 Å². The quantitative estimate of drug-likeness (QED) is 0.787. The maximum atomic E-state index is 12.4. The first kappa shape index (κ1) is 16.7. The monoisotopic (exact) mass is 360 g/mol. The predicted molar refractivity (Wildman–Crippen MR) is 101 cm³/mol. The fourth-order valence-corrected chi connectivity index (χ4v) is 4.74. The highest BCUT2D eigenvalue weighted by Gasteiger charge is 2.37. The standard InChI is InChI=1S/C19H25ClN4O/c1-3-24(4-2)19(25)22-11-8-13-12-6-5-7-15-17(12)14(18(20)23-15)9-16(13)21-10-11/h5-7,11,13,16,21,23H,3-4,8-10H2,1-2H3,(H,22,25)/t11-,13+,16+/m0/s1. The van der Waals surface area contributed by atoms with Crippen LogP contribution in [0.15, 0.2) is 18.2 Å². The van der Waals surface area contributed by atoms with Crippen molar-refractivity contribution in [1.29, 1.82) is 0 Å². The second kappa shape index (κ2) is 6.54. The summed E-state index contributed by atoms with van der Waals surface area (Å²) < 4.78 is 0. The van der Waals surface area contributed by atoms with Gasteiger partial charge in [0.25, 0.3) is 0 Å². The van der Waals surface area contributed by atoms with Crippen LogP contribution in [0.3, 0.4) is 0 Å². The lowest BCUT2D eigenvalue weighted by atomic mass is 9.75. The molecule has 0 bridgehead atoms. The summed E-state index contributed by atoms with van der Waals surface area (Å²) in [6.07, 6.45) is 1.91. The summed E-state index contributed by atoms with van der Waals surface area (Å²) >= 11 is 6.42. The van der Waals surface area contributed by atoms with E-state index in [2.05, 4.69) is 33.8 Å². The fraction of sp³-hybridized carbons (Fsp3) is 0.526. The molecule has 2 amide bonds. The Morgan fingerprint density at radius 1 is 1.36 bits per heavy atom. The Hall–Kier alpha value is -1.72. The topological polar surface area (TPSA) is 60.2 Å². The minimum Gasteiger partial charge on any atom is -0.345 e. The number of rotatable bonds is 3. The van der Waals surface area contributed by atoms with Crippen LogP contribution in [0, 0.1) is 0 Å². The summed E-state index contributed by atoms with van der Waals surface area (Å²) in [5.41, 5.74) is 3.69. The van der Waals surface area contributed by atoms with Crippen LogP contribution >= 0.6 is 11.6 Å². The van der Waals surface area contributed by atoms with E-state index in [1.165, 1.54) is 16.5 Å². The van der Waals surface area contributed by atoms with E-state index in [0.717, 1.165) is 43.1 Å². The summed E-state index contributed by atoms with van der Waals surface area (Å²) in [6, 6.07) is 6.96. The molecule has 0 unspecified atom stereocenters. The van der Waals surface area contributed by atoms with Gasteiger partial charge in [-0.25, -0.2) is 4.79 Å². The summed E-state index contributed by atoms with van der Waals surface area (Å²) in [5, 5.41) is 8.90. The molecule has 1 aromatic heterocycles. The first-order valence-corrected chi connectivity index (χ1v) is 9.57. The van der Waals surface area contributed by atoms with Crippen LogP contribution in [-0.2, 0) is 6.42 Å². The van der Waals surface area contributed by atoms with Gasteiger partial charge in [0.05, 0.1) is 0 Å². The summed E-state index contributed by atoms with van der Waals surface area (Å²) in [4.78, 5) is 17.5. The van der Waals surface area contributed by atoms with Gasteiger partial charge in [-0.2, -0.15) is 0 Å². The number of H-pyrrole nitrogens is 1. The zero-order chi connectivity index (χ0) is 17.6. The number of fused-ring (bicyclic) bond motifs is 2. The minimum atomic E-state index is 0.0367. The van der Waals surface area contributed by atoms with Crippen molar-refractivity contribution in [1.82, 2.24) is 20.5 Å². The van der Waals surface area contributed by atoms with Gasteiger partial charge in [0.1, 0.15) is 5.15 Å². The first-order chi connectivity index (χ1) is 12.1. The number of nitrogens with one attached hydrogen (secondary N) is 3. The molecule has 5 nitrogen and oxygen atoms in total. The lowest BCUT2D eigenvalue weighted by Crippen LogP contribution is -2.56. The Balaban J connectivity index is 1.58. The van der Waals surface area contributed by atoms with E-state index in [4.69, 9.17) is 11.6 Å². The number of nitrogens with zero attached hydrogens (tertiary/aromatic N) is 1. The Morgan fingerprint density at radius 2 is 2.16 bits per heavy atom. The van der Waals surface area contributed by atoms with E-state index in [9.17, 15) is 4.79 Å². The molecule has 3 N–H and O–H groups in total. The van der Waals surface area contributed by atoms with E-state index in [-0.39, 0.29) is 12.1 Å². The Morgan fingerprint density at radius 3 is 2.92 bits per heavy atom. The summed E-state index contributed by atoms with van der Waals surface area (Å²) in [7, 11) is 0. The SMILES string of the molecule is CCN(CC)C(=O)N[C@@H]1CN[C@@H]2Cc3c(Cl)[nH]c4cccc(c34)[C@H]2C1. The van der Waals surface area contributed by atoms with Crippen molar-refractivity contribution in [3.63, 3.8) is 0 Å². The molecule has 0 radical (unpaired) electrons. The zero-order valence-electron chi connectivity index (χ0n) is 14.7. The molecule has 4 rings (SSSR count). The van der Waals surface area contributed by atoms with Crippen LogP contribution in [0.2, 0.25) is 5.15 Å². The average molecular weight is 361 g/mol. The maximum absolute atomic E-state index is 12.4. The number of halogens is 1. The molecular formula is C19H25ClN4O. The molecule has 2 aliphatic rings. The second-order valence-corrected chi connectivity index (χ2v) is 7.45. The van der Waals surface area contributed by atoms with Crippen molar-refractivity contribution in [2.24, 2.45) is 0 Å². The number of hydrogen-bond acceptors (Lipinski definition) is 2. The van der Waals surface area contributed by atoms with Gasteiger partial charge >= 0.3 is 6.03 Å². The van der Waals surface area contributed by atoms with E-state index in [0.29, 0.717) is 12.0 Å². The summed E-state index contributed by atoms with van der Waals surface area (Å²) in [5.74, 6) is 0.402. The number of piperidine rings is 1. The Kier molecular flexibility index (Phi) is 4.38. The predicted octanol–water partition coefficient (Wildman–Crippen LogP) is 3.24. The number of aromatic nitrogens is 1. The average Bonchev–Trinajstić information content (AvgIpc) is 2.93. The third-order valence-electron chi connectivity index (χ3n) is 5.76. The highest BCUT2D eigenvalue weighted by atomic mass is 35.5. The van der Waals surface area contributed by atoms with Gasteiger partial charge in [-0.15, -0.1) is 0 Å². The molecule has 25 heavy (non-hydrogen) atoms. The van der Waals surface area contributed by atoms with Crippen LogP contribution < -0.4 is 10.6 Å². The molecular weight excluding hydrogens is 336 g/mol. The number of hydrogen-bond donors (Lipinski definition) is 3. The van der Waals surface area contributed by atoms with Gasteiger partial charge in [-0.3, -0.25) is 0 Å². The van der Waals surface area contributed by atoms with E-state index in [1.54, 1.807) is 0 Å². The highest BCUT2D eigenvalue weighted by Crippen LogP contribution is 2.43. The summed E-state index contributed by atoms with van der Waals surface area (Å²) in [6.45, 7) is 6.30. The third-order valence-corrected chi connectivity index (χ3v) is 6.08. The number of amides is 2. The number of aromatic amines is 1. The molecule has 0 saturated carbocycles. The van der Waals surface area contributed by atoms with Crippen LogP contribution in [0.5, 0.6) is 0 Å². The van der Waals surface area contributed by atoms with Gasteiger partial charge in [0.2, 0.25) is 0 Å². The van der Waals surface area contributed by atoms with Gasteiger partial charge < -0.3 is 20.5 Å². The highest BCUT2D eigenvalue weighted by molar-refractivity contribution is 6.32. The molecule has 1 fully saturated rings. The lowest BCUT2D eigenvalue weighted by Gasteiger charge is -2.41. The molecule has 1 aromatic carbocycles. The Labute approximate surface area is 153 Å². The molecule has 0 spiro atoms.